The van der Waals surface area contributed by atoms with Crippen LogP contribution in [0, 0.1) is 11.8 Å². The number of carbonyl (C=O) groups excluding carboxylic acids is 1. The Morgan fingerprint density at radius 1 is 1.24 bits per heavy atom. The van der Waals surface area contributed by atoms with Crippen LogP contribution in [-0.4, -0.2) is 23.9 Å². The van der Waals surface area contributed by atoms with Gasteiger partial charge >= 0.3 is 0 Å². The molecule has 0 aromatic heterocycles. The standard InChI is InChI=1S/C18H24N2O/c1-3-12-20(13-4-2)18(21)16-11-10-15(16)17(19)14-8-6-5-7-9-14/h3-9,15-17H,1-2,10-13,19H2/t15-,16+,17?/m0/s1. The number of hydrogen-bond donors (Lipinski definition) is 1. The fourth-order valence-corrected chi connectivity index (χ4v) is 2.99. The fourth-order valence-electron chi connectivity index (χ4n) is 2.99. The van der Waals surface area contributed by atoms with Gasteiger partial charge in [0.05, 0.1) is 0 Å². The monoisotopic (exact) mass is 284 g/mol. The Kier molecular flexibility index (Phi) is 5.34. The highest BCUT2D eigenvalue weighted by molar-refractivity contribution is 5.80. The molecule has 2 N–H and O–H groups in total. The van der Waals surface area contributed by atoms with E-state index in [2.05, 4.69) is 13.2 Å². The normalized spacial score (nSPS) is 22.0. The topological polar surface area (TPSA) is 46.3 Å². The molecule has 3 nitrogen and oxygen atoms in total. The first-order valence-corrected chi connectivity index (χ1v) is 7.50. The van der Waals surface area contributed by atoms with E-state index in [0.29, 0.717) is 13.1 Å². The lowest BCUT2D eigenvalue weighted by molar-refractivity contribution is -0.140. The summed E-state index contributed by atoms with van der Waals surface area (Å²) in [6.07, 6.45) is 5.45. The number of hydrogen-bond acceptors (Lipinski definition) is 2. The molecule has 0 saturated heterocycles. The Morgan fingerprint density at radius 3 is 2.33 bits per heavy atom. The molecule has 1 amide bonds. The highest BCUT2D eigenvalue weighted by atomic mass is 16.2. The molecule has 0 heterocycles. The van der Waals surface area contributed by atoms with Crippen molar-refractivity contribution in [3.05, 3.63) is 61.2 Å². The third-order valence-electron chi connectivity index (χ3n) is 4.30. The molecule has 0 aliphatic heterocycles. The lowest BCUT2D eigenvalue weighted by atomic mass is 9.67. The Morgan fingerprint density at radius 2 is 1.86 bits per heavy atom. The number of nitrogens with two attached hydrogens (primary N) is 1. The lowest BCUT2D eigenvalue weighted by Crippen LogP contribution is -2.47. The van der Waals surface area contributed by atoms with Crippen molar-refractivity contribution in [1.82, 2.24) is 4.90 Å². The van der Waals surface area contributed by atoms with E-state index in [1.165, 1.54) is 0 Å². The van der Waals surface area contributed by atoms with Crippen molar-refractivity contribution in [3.8, 4) is 0 Å². The van der Waals surface area contributed by atoms with Gasteiger partial charge in [0.25, 0.3) is 0 Å². The predicted octanol–water partition coefficient (Wildman–Crippen LogP) is 2.91. The van der Waals surface area contributed by atoms with E-state index in [4.69, 9.17) is 5.73 Å². The van der Waals surface area contributed by atoms with Crippen LogP contribution in [0.15, 0.2) is 55.6 Å². The summed E-state index contributed by atoms with van der Waals surface area (Å²) < 4.78 is 0. The first kappa shape index (κ1) is 15.5. The molecule has 1 unspecified atom stereocenters. The average molecular weight is 284 g/mol. The highest BCUT2D eigenvalue weighted by Gasteiger charge is 2.41. The maximum atomic E-state index is 12.6. The van der Waals surface area contributed by atoms with E-state index in [1.54, 1.807) is 17.1 Å². The fraction of sp³-hybridized carbons (Fsp3) is 0.389. The molecule has 2 rings (SSSR count). The number of nitrogens with zero attached hydrogens (tertiary/aromatic N) is 1. The van der Waals surface area contributed by atoms with Crippen LogP contribution in [0.1, 0.15) is 24.4 Å². The number of amides is 1. The summed E-state index contributed by atoms with van der Waals surface area (Å²) in [6.45, 7) is 8.56. The van der Waals surface area contributed by atoms with Gasteiger partial charge in [0.1, 0.15) is 0 Å². The van der Waals surface area contributed by atoms with Crippen LogP contribution in [0.5, 0.6) is 0 Å². The maximum absolute atomic E-state index is 12.6. The smallest absolute Gasteiger partial charge is 0.226 e. The molecule has 0 radical (unpaired) electrons. The molecule has 1 aliphatic rings. The number of carbonyl (C=O) groups is 1. The van der Waals surface area contributed by atoms with Gasteiger partial charge in [-0.25, -0.2) is 0 Å². The second-order valence-electron chi connectivity index (χ2n) is 5.60. The van der Waals surface area contributed by atoms with Crippen molar-refractivity contribution in [2.45, 2.75) is 18.9 Å². The molecule has 0 spiro atoms. The van der Waals surface area contributed by atoms with Crippen molar-refractivity contribution >= 4 is 5.91 Å². The summed E-state index contributed by atoms with van der Waals surface area (Å²) in [5.41, 5.74) is 7.48. The summed E-state index contributed by atoms with van der Waals surface area (Å²) in [7, 11) is 0. The van der Waals surface area contributed by atoms with Gasteiger partial charge in [0.15, 0.2) is 0 Å². The zero-order valence-electron chi connectivity index (χ0n) is 12.4. The SMILES string of the molecule is C=CCN(CC=C)C(=O)[C@@H]1CC[C@@H]1C(N)c1ccccc1. The number of benzene rings is 1. The summed E-state index contributed by atoms with van der Waals surface area (Å²) >= 11 is 0. The van der Waals surface area contributed by atoms with Crippen molar-refractivity contribution in [2.75, 3.05) is 13.1 Å². The zero-order chi connectivity index (χ0) is 15.2. The molecular formula is C18H24N2O. The minimum Gasteiger partial charge on any atom is -0.335 e. The molecule has 1 aliphatic carbocycles. The minimum atomic E-state index is -0.0665. The third kappa shape index (κ3) is 3.42. The zero-order valence-corrected chi connectivity index (χ0v) is 12.4. The molecule has 1 saturated carbocycles. The van der Waals surface area contributed by atoms with Crippen molar-refractivity contribution in [1.29, 1.82) is 0 Å². The molecular weight excluding hydrogens is 260 g/mol. The van der Waals surface area contributed by atoms with E-state index in [1.807, 2.05) is 30.3 Å². The predicted molar refractivity (Wildman–Crippen MR) is 86.6 cm³/mol. The van der Waals surface area contributed by atoms with E-state index in [-0.39, 0.29) is 23.8 Å². The third-order valence-corrected chi connectivity index (χ3v) is 4.30. The second-order valence-corrected chi connectivity index (χ2v) is 5.60. The summed E-state index contributed by atoms with van der Waals surface area (Å²) in [4.78, 5) is 14.4. The highest BCUT2D eigenvalue weighted by Crippen LogP contribution is 2.42. The van der Waals surface area contributed by atoms with E-state index >= 15 is 0 Å². The Balaban J connectivity index is 2.05. The van der Waals surface area contributed by atoms with Gasteiger partial charge in [0, 0.05) is 25.0 Å². The first-order valence-electron chi connectivity index (χ1n) is 7.50. The average Bonchev–Trinajstić information content (AvgIpc) is 2.46. The molecule has 3 heteroatoms. The Hall–Kier alpha value is -1.87. The largest absolute Gasteiger partial charge is 0.335 e. The second kappa shape index (κ2) is 7.23. The van der Waals surface area contributed by atoms with Crippen LogP contribution < -0.4 is 5.73 Å². The first-order chi connectivity index (χ1) is 10.2. The van der Waals surface area contributed by atoms with Gasteiger partial charge in [-0.1, -0.05) is 42.5 Å². The van der Waals surface area contributed by atoms with Gasteiger partial charge in [-0.2, -0.15) is 0 Å². The van der Waals surface area contributed by atoms with Crippen LogP contribution >= 0.6 is 0 Å². The quantitative estimate of drug-likeness (QED) is 0.783. The van der Waals surface area contributed by atoms with Gasteiger partial charge in [-0.05, 0) is 24.3 Å². The van der Waals surface area contributed by atoms with E-state index in [9.17, 15) is 4.79 Å². The van der Waals surface area contributed by atoms with Crippen LogP contribution in [0.3, 0.4) is 0 Å². The van der Waals surface area contributed by atoms with E-state index in [0.717, 1.165) is 18.4 Å². The molecule has 0 bridgehead atoms. The van der Waals surface area contributed by atoms with Crippen molar-refractivity contribution in [2.24, 2.45) is 17.6 Å². The minimum absolute atomic E-state index is 0.0279. The van der Waals surface area contributed by atoms with Crippen molar-refractivity contribution < 1.29 is 4.79 Å². The van der Waals surface area contributed by atoms with Gasteiger partial charge in [-0.15, -0.1) is 13.2 Å². The molecule has 1 aromatic rings. The van der Waals surface area contributed by atoms with Gasteiger partial charge in [-0.3, -0.25) is 4.79 Å². The Labute approximate surface area is 127 Å². The summed E-state index contributed by atoms with van der Waals surface area (Å²) in [6, 6.07) is 9.98. The van der Waals surface area contributed by atoms with Crippen LogP contribution in [0.4, 0.5) is 0 Å². The van der Waals surface area contributed by atoms with Crippen molar-refractivity contribution in [3.63, 3.8) is 0 Å². The Bertz CT molecular complexity index is 487. The summed E-state index contributed by atoms with van der Waals surface area (Å²) in [5.74, 6) is 0.439. The van der Waals surface area contributed by atoms with Crippen LogP contribution in [-0.2, 0) is 4.79 Å². The molecule has 21 heavy (non-hydrogen) atoms. The molecule has 1 fully saturated rings. The molecule has 3 atom stereocenters. The van der Waals surface area contributed by atoms with Crippen LogP contribution in [0.2, 0.25) is 0 Å². The summed E-state index contributed by atoms with van der Waals surface area (Å²) in [5, 5.41) is 0. The maximum Gasteiger partial charge on any atom is 0.226 e. The molecule has 112 valence electrons. The van der Waals surface area contributed by atoms with Crippen LogP contribution in [0.25, 0.3) is 0 Å². The van der Waals surface area contributed by atoms with Gasteiger partial charge in [0.2, 0.25) is 5.91 Å². The lowest BCUT2D eigenvalue weighted by Gasteiger charge is -2.41. The van der Waals surface area contributed by atoms with E-state index < -0.39 is 0 Å². The molecule has 1 aromatic carbocycles. The number of rotatable bonds is 7. The van der Waals surface area contributed by atoms with Gasteiger partial charge < -0.3 is 10.6 Å².